The molecule has 6 nitrogen and oxygen atoms in total. The summed E-state index contributed by atoms with van der Waals surface area (Å²) in [4.78, 5) is 29.5. The van der Waals surface area contributed by atoms with Crippen molar-refractivity contribution >= 4 is 23.2 Å². The van der Waals surface area contributed by atoms with Crippen LogP contribution in [0.1, 0.15) is 56.6 Å². The molecule has 0 radical (unpaired) electrons. The Morgan fingerprint density at radius 3 is 2.64 bits per heavy atom. The Balaban J connectivity index is 1.39. The maximum Gasteiger partial charge on any atom is 0.303 e. The van der Waals surface area contributed by atoms with Gasteiger partial charge in [0.25, 0.3) is 5.91 Å². The van der Waals surface area contributed by atoms with Crippen LogP contribution in [0.25, 0.3) is 0 Å². The molecule has 33 heavy (non-hydrogen) atoms. The minimum atomic E-state index is -0.831. The highest BCUT2D eigenvalue weighted by molar-refractivity contribution is 7.12. The third-order valence-corrected chi connectivity index (χ3v) is 9.12. The third kappa shape index (κ3) is 5.05. The van der Waals surface area contributed by atoms with Crippen molar-refractivity contribution in [2.75, 3.05) is 32.7 Å². The van der Waals surface area contributed by atoms with Crippen LogP contribution in [0.2, 0.25) is 0 Å². The first-order valence-corrected chi connectivity index (χ1v) is 13.2. The van der Waals surface area contributed by atoms with E-state index in [1.54, 1.807) is 0 Å². The van der Waals surface area contributed by atoms with Crippen molar-refractivity contribution in [2.45, 2.75) is 58.7 Å². The van der Waals surface area contributed by atoms with Crippen LogP contribution in [0.5, 0.6) is 0 Å². The monoisotopic (exact) mass is 474 g/mol. The summed E-state index contributed by atoms with van der Waals surface area (Å²) in [5.74, 6) is 0.951. The summed E-state index contributed by atoms with van der Waals surface area (Å²) < 4.78 is 5.53. The first-order chi connectivity index (χ1) is 15.7. The minimum absolute atomic E-state index is 0.0877. The van der Waals surface area contributed by atoms with Crippen LogP contribution in [0.4, 0.5) is 0 Å². The number of thiophene rings is 1. The van der Waals surface area contributed by atoms with Crippen molar-refractivity contribution in [3.8, 4) is 0 Å². The normalized spacial score (nSPS) is 33.7. The average molecular weight is 475 g/mol. The Labute approximate surface area is 201 Å². The quantitative estimate of drug-likeness (QED) is 0.519. The number of amides is 1. The van der Waals surface area contributed by atoms with Crippen molar-refractivity contribution in [2.24, 2.45) is 23.7 Å². The molecule has 2 heterocycles. The molecular formula is C26H38N2O4S. The second kappa shape index (κ2) is 9.88. The van der Waals surface area contributed by atoms with E-state index in [9.17, 15) is 14.7 Å². The number of carbonyl (C=O) groups is 2. The molecule has 1 unspecified atom stereocenters. The molecule has 1 aromatic rings. The van der Waals surface area contributed by atoms with Crippen LogP contribution in [-0.2, 0) is 9.53 Å². The number of hydrogen-bond donors (Lipinski definition) is 1. The molecule has 2 fully saturated rings. The molecule has 1 saturated carbocycles. The van der Waals surface area contributed by atoms with Crippen LogP contribution in [-0.4, -0.2) is 71.2 Å². The Bertz CT molecular complexity index is 877. The molecule has 1 aromatic heterocycles. The predicted molar refractivity (Wildman–Crippen MR) is 130 cm³/mol. The average Bonchev–Trinajstić information content (AvgIpc) is 3.31. The number of hydrogen-bond acceptors (Lipinski definition) is 6. The molecule has 1 N–H and O–H groups in total. The summed E-state index contributed by atoms with van der Waals surface area (Å²) in [5, 5.41) is 13.7. The second-order valence-electron chi connectivity index (χ2n) is 10.4. The van der Waals surface area contributed by atoms with Crippen molar-refractivity contribution < 1.29 is 19.4 Å². The van der Waals surface area contributed by atoms with Crippen molar-refractivity contribution in [1.82, 2.24) is 9.80 Å². The van der Waals surface area contributed by atoms with E-state index in [0.717, 1.165) is 56.0 Å². The molecule has 0 bridgehead atoms. The maximum absolute atomic E-state index is 12.6. The molecule has 3 aliphatic rings. The Kier molecular flexibility index (Phi) is 7.32. The number of rotatable bonds is 5. The van der Waals surface area contributed by atoms with Crippen LogP contribution in [0.3, 0.4) is 0 Å². The van der Waals surface area contributed by atoms with Crippen LogP contribution < -0.4 is 0 Å². The standard InChI is InChI=1S/C26H38N2O4S/c1-17-14-22-21(8-7-19(3)26(22,31)15-23(17)32-20(4)29)18(2)16-27-9-11-28(12-10-27)25(30)24-6-5-13-33-24/h5-6,13-14,18-19,21-23,31H,7-12,15-16H2,1-4H3/t18?,19-,21+,22-,23-,26-/m1/s1. The van der Waals surface area contributed by atoms with E-state index in [1.807, 2.05) is 29.3 Å². The lowest BCUT2D eigenvalue weighted by atomic mass is 9.57. The van der Waals surface area contributed by atoms with Gasteiger partial charge in [0.05, 0.1) is 10.5 Å². The van der Waals surface area contributed by atoms with E-state index in [1.165, 1.54) is 18.3 Å². The van der Waals surface area contributed by atoms with Crippen molar-refractivity contribution in [3.63, 3.8) is 0 Å². The molecule has 0 spiro atoms. The lowest BCUT2D eigenvalue weighted by Crippen LogP contribution is -2.56. The van der Waals surface area contributed by atoms with Gasteiger partial charge in [-0.2, -0.15) is 0 Å². The third-order valence-electron chi connectivity index (χ3n) is 8.26. The zero-order valence-electron chi connectivity index (χ0n) is 20.3. The fourth-order valence-electron chi connectivity index (χ4n) is 6.23. The minimum Gasteiger partial charge on any atom is -0.458 e. The van der Waals surface area contributed by atoms with Gasteiger partial charge < -0.3 is 14.7 Å². The summed E-state index contributed by atoms with van der Waals surface area (Å²) in [5.41, 5.74) is 0.231. The molecule has 1 amide bonds. The lowest BCUT2D eigenvalue weighted by molar-refractivity contribution is -0.159. The number of piperazine rings is 1. The largest absolute Gasteiger partial charge is 0.458 e. The molecule has 4 rings (SSSR count). The molecular weight excluding hydrogens is 436 g/mol. The summed E-state index contributed by atoms with van der Waals surface area (Å²) in [6, 6.07) is 3.83. The number of ether oxygens (including phenoxy) is 1. The van der Waals surface area contributed by atoms with Crippen molar-refractivity contribution in [1.29, 1.82) is 0 Å². The van der Waals surface area contributed by atoms with Gasteiger partial charge in [-0.05, 0) is 54.5 Å². The zero-order valence-corrected chi connectivity index (χ0v) is 21.1. The van der Waals surface area contributed by atoms with E-state index >= 15 is 0 Å². The van der Waals surface area contributed by atoms with Gasteiger partial charge in [-0.3, -0.25) is 14.5 Å². The summed E-state index contributed by atoms with van der Waals surface area (Å²) in [7, 11) is 0. The Morgan fingerprint density at radius 1 is 1.27 bits per heavy atom. The predicted octanol–water partition coefficient (Wildman–Crippen LogP) is 3.82. The van der Waals surface area contributed by atoms with E-state index in [2.05, 4.69) is 24.8 Å². The molecule has 1 aliphatic heterocycles. The number of aliphatic hydroxyl groups is 1. The van der Waals surface area contributed by atoms with Crippen LogP contribution >= 0.6 is 11.3 Å². The molecule has 0 aromatic carbocycles. The first kappa shape index (κ1) is 24.4. The fourth-order valence-corrected chi connectivity index (χ4v) is 6.92. The number of nitrogens with zero attached hydrogens (tertiary/aromatic N) is 2. The highest BCUT2D eigenvalue weighted by Crippen LogP contribution is 2.51. The van der Waals surface area contributed by atoms with E-state index in [0.29, 0.717) is 18.3 Å². The smallest absolute Gasteiger partial charge is 0.303 e. The highest BCUT2D eigenvalue weighted by Gasteiger charge is 2.52. The van der Waals surface area contributed by atoms with Gasteiger partial charge in [0.1, 0.15) is 6.10 Å². The SMILES string of the molecule is CC(=O)O[C@@H]1C[C@@]2(O)[C@H](C)CC[C@@H](C(C)CN3CCN(C(=O)c4cccs4)CC3)[C@H]2C=C1C. The Morgan fingerprint density at radius 2 is 2.00 bits per heavy atom. The van der Waals surface area contributed by atoms with Gasteiger partial charge in [0, 0.05) is 52.0 Å². The summed E-state index contributed by atoms with van der Waals surface area (Å²) >= 11 is 1.51. The number of carbonyl (C=O) groups excluding carboxylic acids is 2. The van der Waals surface area contributed by atoms with Crippen LogP contribution in [0, 0.1) is 23.7 Å². The number of fused-ring (bicyclic) bond motifs is 1. The molecule has 6 atom stereocenters. The van der Waals surface area contributed by atoms with Gasteiger partial charge in [-0.15, -0.1) is 11.3 Å². The van der Waals surface area contributed by atoms with Crippen LogP contribution in [0.15, 0.2) is 29.2 Å². The first-order valence-electron chi connectivity index (χ1n) is 12.3. The fraction of sp³-hybridized carbons (Fsp3) is 0.692. The van der Waals surface area contributed by atoms with Gasteiger partial charge in [-0.1, -0.05) is 26.0 Å². The topological polar surface area (TPSA) is 70.1 Å². The maximum atomic E-state index is 12.6. The highest BCUT2D eigenvalue weighted by atomic mass is 32.1. The van der Waals surface area contributed by atoms with Crippen molar-refractivity contribution in [3.05, 3.63) is 34.0 Å². The molecule has 1 saturated heterocycles. The molecule has 2 aliphatic carbocycles. The molecule has 7 heteroatoms. The van der Waals surface area contributed by atoms with Gasteiger partial charge in [-0.25, -0.2) is 0 Å². The zero-order chi connectivity index (χ0) is 23.8. The van der Waals surface area contributed by atoms with Gasteiger partial charge in [0.2, 0.25) is 0 Å². The lowest BCUT2D eigenvalue weighted by Gasteiger charge is -2.53. The Hall–Kier alpha value is -1.70. The van der Waals surface area contributed by atoms with E-state index < -0.39 is 5.60 Å². The second-order valence-corrected chi connectivity index (χ2v) is 11.4. The molecule has 182 valence electrons. The number of esters is 1. The summed E-state index contributed by atoms with van der Waals surface area (Å²) in [6.07, 6.45) is 4.46. The van der Waals surface area contributed by atoms with E-state index in [-0.39, 0.29) is 29.8 Å². The van der Waals surface area contributed by atoms with E-state index in [4.69, 9.17) is 4.74 Å². The van der Waals surface area contributed by atoms with Gasteiger partial charge >= 0.3 is 5.97 Å². The van der Waals surface area contributed by atoms with Gasteiger partial charge in [0.15, 0.2) is 0 Å². The summed E-state index contributed by atoms with van der Waals surface area (Å²) in [6.45, 7) is 12.2.